The van der Waals surface area contributed by atoms with Crippen LogP contribution in [0.25, 0.3) is 0 Å². The first kappa shape index (κ1) is 17.0. The lowest BCUT2D eigenvalue weighted by molar-refractivity contribution is -0.123. The second kappa shape index (κ2) is 7.82. The van der Waals surface area contributed by atoms with E-state index in [9.17, 15) is 4.79 Å². The smallest absolute Gasteiger partial charge is 0.224 e. The van der Waals surface area contributed by atoms with Crippen molar-refractivity contribution in [2.45, 2.75) is 31.2 Å². The van der Waals surface area contributed by atoms with Gasteiger partial charge in [0.25, 0.3) is 0 Å². The molecule has 126 valence electrons. The standard InChI is InChI=1S/C20H22ClNO2/c21-16-9-4-8-15(12-16)17-13-18(17)20(24)22-19(10-5-11-23)14-6-2-1-3-7-14/h1-4,6-9,12,17-19,23H,5,10-11,13H2,(H,22,24). The summed E-state index contributed by atoms with van der Waals surface area (Å²) >= 11 is 6.04. The van der Waals surface area contributed by atoms with Crippen LogP contribution in [0, 0.1) is 5.92 Å². The topological polar surface area (TPSA) is 49.3 Å². The Morgan fingerprint density at radius 1 is 1.21 bits per heavy atom. The third kappa shape index (κ3) is 4.16. The molecule has 1 saturated carbocycles. The van der Waals surface area contributed by atoms with Crippen molar-refractivity contribution in [3.8, 4) is 0 Å². The number of nitrogens with one attached hydrogen (secondary N) is 1. The number of carbonyl (C=O) groups excluding carboxylic acids is 1. The molecule has 4 heteroatoms. The zero-order valence-electron chi connectivity index (χ0n) is 13.5. The Kier molecular flexibility index (Phi) is 5.54. The Bertz CT molecular complexity index is 689. The van der Waals surface area contributed by atoms with Crippen molar-refractivity contribution in [2.24, 2.45) is 5.92 Å². The van der Waals surface area contributed by atoms with E-state index in [1.807, 2.05) is 54.6 Å². The van der Waals surface area contributed by atoms with Crippen LogP contribution in [0.3, 0.4) is 0 Å². The molecule has 24 heavy (non-hydrogen) atoms. The average Bonchev–Trinajstić information content (AvgIpc) is 3.40. The lowest BCUT2D eigenvalue weighted by Gasteiger charge is -2.19. The van der Waals surface area contributed by atoms with Crippen molar-refractivity contribution in [3.05, 3.63) is 70.7 Å². The van der Waals surface area contributed by atoms with Crippen molar-refractivity contribution in [1.29, 1.82) is 0 Å². The summed E-state index contributed by atoms with van der Waals surface area (Å²) < 4.78 is 0. The highest BCUT2D eigenvalue weighted by atomic mass is 35.5. The summed E-state index contributed by atoms with van der Waals surface area (Å²) in [7, 11) is 0. The molecule has 3 unspecified atom stereocenters. The molecule has 2 aromatic rings. The third-order valence-electron chi connectivity index (χ3n) is 4.57. The van der Waals surface area contributed by atoms with Crippen molar-refractivity contribution >= 4 is 17.5 Å². The molecule has 0 radical (unpaired) electrons. The molecule has 0 aliphatic heterocycles. The molecule has 0 bridgehead atoms. The number of halogens is 1. The Hall–Kier alpha value is -1.84. The monoisotopic (exact) mass is 343 g/mol. The van der Waals surface area contributed by atoms with Crippen molar-refractivity contribution in [1.82, 2.24) is 5.32 Å². The lowest BCUT2D eigenvalue weighted by Crippen LogP contribution is -2.30. The predicted molar refractivity (Wildman–Crippen MR) is 95.9 cm³/mol. The molecule has 3 rings (SSSR count). The Morgan fingerprint density at radius 2 is 2.00 bits per heavy atom. The zero-order chi connectivity index (χ0) is 16.9. The van der Waals surface area contributed by atoms with Gasteiger partial charge in [-0.3, -0.25) is 4.79 Å². The van der Waals surface area contributed by atoms with E-state index in [4.69, 9.17) is 16.7 Å². The van der Waals surface area contributed by atoms with Crippen molar-refractivity contribution in [3.63, 3.8) is 0 Å². The van der Waals surface area contributed by atoms with E-state index < -0.39 is 0 Å². The second-order valence-electron chi connectivity index (χ2n) is 6.34. The first-order valence-electron chi connectivity index (χ1n) is 8.40. The van der Waals surface area contributed by atoms with Gasteiger partial charge in [-0.05, 0) is 48.4 Å². The SMILES string of the molecule is O=C(NC(CCCO)c1ccccc1)C1CC1c1cccc(Cl)c1. The molecule has 0 spiro atoms. The van der Waals surface area contributed by atoms with Gasteiger partial charge in [0.05, 0.1) is 6.04 Å². The molecule has 2 N–H and O–H groups in total. The summed E-state index contributed by atoms with van der Waals surface area (Å²) in [5.41, 5.74) is 2.22. The highest BCUT2D eigenvalue weighted by Gasteiger charge is 2.44. The second-order valence-corrected chi connectivity index (χ2v) is 6.78. The molecule has 1 aliphatic rings. The Morgan fingerprint density at radius 3 is 2.71 bits per heavy atom. The maximum atomic E-state index is 12.6. The maximum absolute atomic E-state index is 12.6. The third-order valence-corrected chi connectivity index (χ3v) is 4.81. The van der Waals surface area contributed by atoms with Gasteiger partial charge in [0.1, 0.15) is 0 Å². The predicted octanol–water partition coefficient (Wildman–Crippen LogP) is 4.07. The summed E-state index contributed by atoms with van der Waals surface area (Å²) in [5, 5.41) is 13.0. The van der Waals surface area contributed by atoms with Crippen LogP contribution in [0.2, 0.25) is 5.02 Å². The van der Waals surface area contributed by atoms with Gasteiger partial charge in [0.15, 0.2) is 0 Å². The molecule has 1 amide bonds. The van der Waals surface area contributed by atoms with Gasteiger partial charge in [0.2, 0.25) is 5.91 Å². The quantitative estimate of drug-likeness (QED) is 0.796. The number of hydrogen-bond donors (Lipinski definition) is 2. The number of rotatable bonds is 7. The normalized spacial score (nSPS) is 20.4. The number of benzene rings is 2. The molecule has 0 saturated heterocycles. The van der Waals surface area contributed by atoms with Crippen LogP contribution in [-0.2, 0) is 4.79 Å². The molecule has 0 heterocycles. The first-order valence-corrected chi connectivity index (χ1v) is 8.78. The van der Waals surface area contributed by atoms with E-state index >= 15 is 0 Å². The number of aliphatic hydroxyl groups is 1. The van der Waals surface area contributed by atoms with Crippen LogP contribution in [0.4, 0.5) is 0 Å². The lowest BCUT2D eigenvalue weighted by atomic mass is 10.0. The van der Waals surface area contributed by atoms with Gasteiger partial charge in [-0.1, -0.05) is 54.1 Å². The number of carbonyl (C=O) groups is 1. The number of hydrogen-bond acceptors (Lipinski definition) is 2. The molecule has 3 atom stereocenters. The average molecular weight is 344 g/mol. The van der Waals surface area contributed by atoms with Gasteiger partial charge in [-0.25, -0.2) is 0 Å². The first-order chi connectivity index (χ1) is 11.7. The van der Waals surface area contributed by atoms with Gasteiger partial charge in [-0.15, -0.1) is 0 Å². The van der Waals surface area contributed by atoms with Crippen LogP contribution in [0.15, 0.2) is 54.6 Å². The van der Waals surface area contributed by atoms with Gasteiger partial charge in [0, 0.05) is 17.5 Å². The molecule has 1 aliphatic carbocycles. The molecular weight excluding hydrogens is 322 g/mol. The van der Waals surface area contributed by atoms with E-state index in [-0.39, 0.29) is 30.4 Å². The molecule has 2 aromatic carbocycles. The van der Waals surface area contributed by atoms with E-state index in [2.05, 4.69) is 5.32 Å². The fraction of sp³-hybridized carbons (Fsp3) is 0.350. The number of amides is 1. The highest BCUT2D eigenvalue weighted by molar-refractivity contribution is 6.30. The summed E-state index contributed by atoms with van der Waals surface area (Å²) in [6.45, 7) is 0.133. The van der Waals surface area contributed by atoms with E-state index in [1.54, 1.807) is 0 Å². The summed E-state index contributed by atoms with van der Waals surface area (Å²) in [5.74, 6) is 0.369. The van der Waals surface area contributed by atoms with E-state index in [0.717, 1.165) is 24.0 Å². The molecular formula is C20H22ClNO2. The van der Waals surface area contributed by atoms with Crippen LogP contribution < -0.4 is 5.32 Å². The fourth-order valence-electron chi connectivity index (χ4n) is 3.17. The minimum atomic E-state index is -0.0496. The summed E-state index contributed by atoms with van der Waals surface area (Å²) in [6.07, 6.45) is 2.27. The zero-order valence-corrected chi connectivity index (χ0v) is 14.2. The van der Waals surface area contributed by atoms with Crippen molar-refractivity contribution in [2.75, 3.05) is 6.61 Å². The van der Waals surface area contributed by atoms with Gasteiger partial charge < -0.3 is 10.4 Å². The largest absolute Gasteiger partial charge is 0.396 e. The maximum Gasteiger partial charge on any atom is 0.224 e. The minimum absolute atomic E-state index is 0.0174. The van der Waals surface area contributed by atoms with Gasteiger partial charge >= 0.3 is 0 Å². The molecule has 3 nitrogen and oxygen atoms in total. The number of aliphatic hydroxyl groups excluding tert-OH is 1. The summed E-state index contributed by atoms with van der Waals surface area (Å²) in [6, 6.07) is 17.6. The summed E-state index contributed by atoms with van der Waals surface area (Å²) in [4.78, 5) is 12.6. The van der Waals surface area contributed by atoms with Crippen LogP contribution >= 0.6 is 11.6 Å². The minimum Gasteiger partial charge on any atom is -0.396 e. The van der Waals surface area contributed by atoms with Gasteiger partial charge in [-0.2, -0.15) is 0 Å². The molecule has 1 fully saturated rings. The Labute approximate surface area is 147 Å². The fourth-order valence-corrected chi connectivity index (χ4v) is 3.37. The van der Waals surface area contributed by atoms with E-state index in [0.29, 0.717) is 11.4 Å². The van der Waals surface area contributed by atoms with Crippen molar-refractivity contribution < 1.29 is 9.90 Å². The van der Waals surface area contributed by atoms with Crippen LogP contribution in [-0.4, -0.2) is 17.6 Å². The molecule has 0 aromatic heterocycles. The van der Waals surface area contributed by atoms with Crippen LogP contribution in [0.1, 0.15) is 42.3 Å². The Balaban J connectivity index is 1.64. The van der Waals surface area contributed by atoms with E-state index in [1.165, 1.54) is 0 Å². The van der Waals surface area contributed by atoms with Crippen LogP contribution in [0.5, 0.6) is 0 Å². The highest BCUT2D eigenvalue weighted by Crippen LogP contribution is 2.48.